The molecule has 0 unspecified atom stereocenters. The molecule has 0 spiro atoms. The Labute approximate surface area is 152 Å². The molecule has 0 saturated carbocycles. The summed E-state index contributed by atoms with van der Waals surface area (Å²) in [6.07, 6.45) is 1.54. The van der Waals surface area contributed by atoms with Gasteiger partial charge in [-0.3, -0.25) is 4.79 Å². The van der Waals surface area contributed by atoms with E-state index in [2.05, 4.69) is 0 Å². The number of hydrogen-bond acceptors (Lipinski definition) is 4. The van der Waals surface area contributed by atoms with Gasteiger partial charge in [0.1, 0.15) is 11.3 Å². The van der Waals surface area contributed by atoms with Crippen molar-refractivity contribution < 1.29 is 13.9 Å². The summed E-state index contributed by atoms with van der Waals surface area (Å²) in [6, 6.07) is 9.79. The molecule has 3 aromatic rings. The van der Waals surface area contributed by atoms with E-state index in [0.717, 1.165) is 5.56 Å². The number of ether oxygens (including phenoxy) is 1. The summed E-state index contributed by atoms with van der Waals surface area (Å²) in [5, 5.41) is 1.60. The highest BCUT2D eigenvalue weighted by atomic mass is 35.5. The van der Waals surface area contributed by atoms with Gasteiger partial charge >= 0.3 is 5.63 Å². The average Bonchev–Trinajstić information content (AvgIpc) is 2.86. The molecule has 4 rings (SSSR count). The van der Waals surface area contributed by atoms with Crippen LogP contribution in [0.5, 0.6) is 5.75 Å². The van der Waals surface area contributed by atoms with E-state index in [9.17, 15) is 9.59 Å². The maximum absolute atomic E-state index is 12.8. The van der Waals surface area contributed by atoms with Gasteiger partial charge in [-0.1, -0.05) is 29.3 Å². The zero-order chi connectivity index (χ0) is 17.7. The molecule has 0 fully saturated rings. The van der Waals surface area contributed by atoms with Crippen molar-refractivity contribution in [3.63, 3.8) is 0 Å². The standard InChI is InChI=1S/C19H10Cl2O4/c1-9-6-16(22)25-19-12(9)4-5-14-17(19)18(23)15(24-14)7-10-2-3-11(20)8-13(10)21/h2-8H,1H3/b15-7-. The lowest BCUT2D eigenvalue weighted by molar-refractivity contribution is 0.101. The van der Waals surface area contributed by atoms with Gasteiger partial charge in [0.25, 0.3) is 0 Å². The highest BCUT2D eigenvalue weighted by molar-refractivity contribution is 6.35. The Morgan fingerprint density at radius 1 is 1.04 bits per heavy atom. The molecule has 124 valence electrons. The fraction of sp³-hybridized carbons (Fsp3) is 0.0526. The maximum Gasteiger partial charge on any atom is 0.336 e. The van der Waals surface area contributed by atoms with Crippen molar-refractivity contribution in [3.8, 4) is 5.75 Å². The number of allylic oxidation sites excluding steroid dienone is 1. The van der Waals surface area contributed by atoms with Crippen LogP contribution in [0.1, 0.15) is 21.5 Å². The summed E-state index contributed by atoms with van der Waals surface area (Å²) in [7, 11) is 0. The van der Waals surface area contributed by atoms with Crippen molar-refractivity contribution >= 4 is 46.0 Å². The van der Waals surface area contributed by atoms with Crippen molar-refractivity contribution in [2.75, 3.05) is 0 Å². The molecule has 1 aliphatic heterocycles. The number of halogens is 2. The zero-order valence-electron chi connectivity index (χ0n) is 12.9. The molecule has 1 aromatic heterocycles. The molecule has 25 heavy (non-hydrogen) atoms. The Balaban J connectivity index is 1.88. The number of aryl methyl sites for hydroxylation is 1. The minimum atomic E-state index is -0.510. The fourth-order valence-electron chi connectivity index (χ4n) is 2.81. The molecule has 0 bridgehead atoms. The molecule has 2 aromatic carbocycles. The molecule has 6 heteroatoms. The number of carbonyl (C=O) groups excluding carboxylic acids is 1. The Morgan fingerprint density at radius 3 is 2.60 bits per heavy atom. The molecule has 1 aliphatic rings. The van der Waals surface area contributed by atoms with Crippen LogP contribution in [-0.4, -0.2) is 5.78 Å². The smallest absolute Gasteiger partial charge is 0.336 e. The number of rotatable bonds is 1. The molecular weight excluding hydrogens is 363 g/mol. The van der Waals surface area contributed by atoms with Gasteiger partial charge in [0, 0.05) is 21.5 Å². The van der Waals surface area contributed by atoms with Crippen LogP contribution < -0.4 is 10.4 Å². The fourth-order valence-corrected chi connectivity index (χ4v) is 3.27. The molecule has 0 radical (unpaired) electrons. The number of benzene rings is 2. The van der Waals surface area contributed by atoms with E-state index in [-0.39, 0.29) is 22.7 Å². The average molecular weight is 373 g/mol. The number of carbonyl (C=O) groups is 1. The Morgan fingerprint density at radius 2 is 1.84 bits per heavy atom. The summed E-state index contributed by atoms with van der Waals surface area (Å²) >= 11 is 12.0. The SMILES string of the molecule is Cc1cc(=O)oc2c3c(ccc12)O/C(=C\c1ccc(Cl)cc1Cl)C3=O. The summed E-state index contributed by atoms with van der Waals surface area (Å²) in [5.41, 5.74) is 1.31. The molecule has 0 aliphatic carbocycles. The van der Waals surface area contributed by atoms with Gasteiger partial charge in [0.2, 0.25) is 5.78 Å². The van der Waals surface area contributed by atoms with Crippen molar-refractivity contribution in [3.05, 3.63) is 79.3 Å². The first-order valence-corrected chi connectivity index (χ1v) is 8.16. The molecule has 0 amide bonds. The second-order valence-electron chi connectivity index (χ2n) is 5.67. The van der Waals surface area contributed by atoms with E-state index < -0.39 is 5.63 Å². The first kappa shape index (κ1) is 15.9. The van der Waals surface area contributed by atoms with E-state index in [4.69, 9.17) is 32.4 Å². The normalized spacial score (nSPS) is 14.8. The number of Topliss-reactive ketones (excluding diaryl/α,β-unsaturated/α-hetero) is 1. The summed E-state index contributed by atoms with van der Waals surface area (Å²) < 4.78 is 10.9. The second kappa shape index (κ2) is 5.76. The topological polar surface area (TPSA) is 56.5 Å². The van der Waals surface area contributed by atoms with E-state index in [1.54, 1.807) is 43.3 Å². The summed E-state index contributed by atoms with van der Waals surface area (Å²) in [6.45, 7) is 1.79. The van der Waals surface area contributed by atoms with Crippen LogP contribution in [0.25, 0.3) is 17.0 Å². The molecule has 4 nitrogen and oxygen atoms in total. The van der Waals surface area contributed by atoms with Crippen LogP contribution in [0.2, 0.25) is 10.0 Å². The minimum absolute atomic E-state index is 0.107. The summed E-state index contributed by atoms with van der Waals surface area (Å²) in [4.78, 5) is 24.5. The minimum Gasteiger partial charge on any atom is -0.452 e. The van der Waals surface area contributed by atoms with Gasteiger partial charge in [-0.15, -0.1) is 0 Å². The van der Waals surface area contributed by atoms with Crippen molar-refractivity contribution in [2.45, 2.75) is 6.92 Å². The highest BCUT2D eigenvalue weighted by Crippen LogP contribution is 2.38. The maximum atomic E-state index is 12.8. The van der Waals surface area contributed by atoms with Gasteiger partial charge in [-0.2, -0.15) is 0 Å². The molecule has 0 N–H and O–H groups in total. The molecule has 2 heterocycles. The van der Waals surface area contributed by atoms with Gasteiger partial charge in [-0.25, -0.2) is 4.79 Å². The van der Waals surface area contributed by atoms with E-state index in [1.165, 1.54) is 6.07 Å². The molecular formula is C19H10Cl2O4. The number of fused-ring (bicyclic) bond motifs is 3. The zero-order valence-corrected chi connectivity index (χ0v) is 14.4. The lowest BCUT2D eigenvalue weighted by Crippen LogP contribution is -2.02. The van der Waals surface area contributed by atoms with E-state index in [1.807, 2.05) is 0 Å². The lowest BCUT2D eigenvalue weighted by Gasteiger charge is -2.03. The van der Waals surface area contributed by atoms with Crippen molar-refractivity contribution in [2.24, 2.45) is 0 Å². The van der Waals surface area contributed by atoms with E-state index in [0.29, 0.717) is 26.7 Å². The van der Waals surface area contributed by atoms with Crippen LogP contribution in [0.4, 0.5) is 0 Å². The van der Waals surface area contributed by atoms with Crippen LogP contribution in [0.3, 0.4) is 0 Å². The van der Waals surface area contributed by atoms with Crippen LogP contribution >= 0.6 is 23.2 Å². The van der Waals surface area contributed by atoms with Gasteiger partial charge in [0.05, 0.1) is 0 Å². The third-order valence-electron chi connectivity index (χ3n) is 4.00. The van der Waals surface area contributed by atoms with Gasteiger partial charge in [0.15, 0.2) is 11.3 Å². The Bertz CT molecular complexity index is 1140. The van der Waals surface area contributed by atoms with Crippen molar-refractivity contribution in [1.82, 2.24) is 0 Å². The Kier molecular flexibility index (Phi) is 3.67. The predicted molar refractivity (Wildman–Crippen MR) is 96.6 cm³/mol. The van der Waals surface area contributed by atoms with Crippen LogP contribution in [0.15, 0.2) is 51.4 Å². The van der Waals surface area contributed by atoms with Crippen LogP contribution in [0, 0.1) is 6.92 Å². The predicted octanol–water partition coefficient (Wildman–Crippen LogP) is 5.02. The molecule has 0 atom stereocenters. The molecule has 0 saturated heterocycles. The Hall–Kier alpha value is -2.56. The largest absolute Gasteiger partial charge is 0.452 e. The third-order valence-corrected chi connectivity index (χ3v) is 4.56. The highest BCUT2D eigenvalue weighted by Gasteiger charge is 2.31. The van der Waals surface area contributed by atoms with Crippen LogP contribution in [-0.2, 0) is 0 Å². The first-order valence-electron chi connectivity index (χ1n) is 7.41. The lowest BCUT2D eigenvalue weighted by atomic mass is 10.0. The second-order valence-corrected chi connectivity index (χ2v) is 6.51. The number of hydrogen-bond donors (Lipinski definition) is 0. The third kappa shape index (κ3) is 2.64. The van der Waals surface area contributed by atoms with Crippen molar-refractivity contribution in [1.29, 1.82) is 0 Å². The monoisotopic (exact) mass is 372 g/mol. The number of ketones is 1. The first-order chi connectivity index (χ1) is 11.9. The van der Waals surface area contributed by atoms with Gasteiger partial charge < -0.3 is 9.15 Å². The van der Waals surface area contributed by atoms with E-state index >= 15 is 0 Å². The van der Waals surface area contributed by atoms with Gasteiger partial charge in [-0.05, 0) is 48.4 Å². The quantitative estimate of drug-likeness (QED) is 0.444. The summed E-state index contributed by atoms with van der Waals surface area (Å²) in [5.74, 6) is 0.0961.